The monoisotopic (exact) mass is 329 g/mol. The third-order valence-corrected chi connectivity index (χ3v) is 5.16. The minimum atomic E-state index is -3.85. The lowest BCUT2D eigenvalue weighted by atomic mass is 9.92. The molecule has 1 atom stereocenters. The van der Waals surface area contributed by atoms with Crippen molar-refractivity contribution in [2.75, 3.05) is 6.54 Å². The van der Waals surface area contributed by atoms with E-state index < -0.39 is 15.6 Å². The Labute approximate surface area is 131 Å². The SMILES string of the molecule is CC(C)CC(C)(CN)NS(=O)(=O)c1cc(C#N)ccc1Cl. The van der Waals surface area contributed by atoms with E-state index in [0.717, 1.165) is 0 Å². The van der Waals surface area contributed by atoms with Gasteiger partial charge in [-0.3, -0.25) is 0 Å². The Morgan fingerprint density at radius 2 is 2.10 bits per heavy atom. The second-order valence-electron chi connectivity index (χ2n) is 5.73. The summed E-state index contributed by atoms with van der Waals surface area (Å²) in [4.78, 5) is -0.105. The van der Waals surface area contributed by atoms with Crippen molar-refractivity contribution in [1.29, 1.82) is 5.26 Å². The quantitative estimate of drug-likeness (QED) is 0.836. The summed E-state index contributed by atoms with van der Waals surface area (Å²) in [5, 5.41) is 8.96. The molecule has 5 nitrogen and oxygen atoms in total. The van der Waals surface area contributed by atoms with Gasteiger partial charge in [0.05, 0.1) is 16.7 Å². The molecule has 0 radical (unpaired) electrons. The van der Waals surface area contributed by atoms with E-state index >= 15 is 0 Å². The molecule has 0 saturated carbocycles. The molecule has 0 aliphatic heterocycles. The highest BCUT2D eigenvalue weighted by Gasteiger charge is 2.31. The van der Waals surface area contributed by atoms with Crippen LogP contribution in [0.1, 0.15) is 32.8 Å². The van der Waals surface area contributed by atoms with Gasteiger partial charge in [-0.15, -0.1) is 0 Å². The Hall–Kier alpha value is -1.13. The summed E-state index contributed by atoms with van der Waals surface area (Å²) in [5.41, 5.74) is 5.19. The third kappa shape index (κ3) is 4.68. The smallest absolute Gasteiger partial charge is 0.242 e. The van der Waals surface area contributed by atoms with E-state index in [4.69, 9.17) is 22.6 Å². The zero-order chi connectivity index (χ0) is 16.3. The molecule has 1 aromatic carbocycles. The summed E-state index contributed by atoms with van der Waals surface area (Å²) in [5.74, 6) is 0.280. The summed E-state index contributed by atoms with van der Waals surface area (Å²) in [6.07, 6.45) is 0.596. The van der Waals surface area contributed by atoms with Crippen molar-refractivity contribution in [2.45, 2.75) is 37.6 Å². The Morgan fingerprint density at radius 1 is 1.48 bits per heavy atom. The van der Waals surface area contributed by atoms with Crippen LogP contribution in [0.2, 0.25) is 5.02 Å². The summed E-state index contributed by atoms with van der Waals surface area (Å²) >= 11 is 5.96. The van der Waals surface area contributed by atoms with Gasteiger partial charge in [0.15, 0.2) is 0 Å². The van der Waals surface area contributed by atoms with Crippen molar-refractivity contribution >= 4 is 21.6 Å². The first-order valence-corrected chi connectivity index (χ1v) is 8.43. The Kier molecular flexibility index (Phi) is 5.76. The van der Waals surface area contributed by atoms with Crippen LogP contribution >= 0.6 is 11.6 Å². The highest BCUT2D eigenvalue weighted by atomic mass is 35.5. The molecule has 0 aliphatic carbocycles. The predicted octanol–water partition coefficient (Wildman–Crippen LogP) is 2.25. The normalized spacial score (nSPS) is 14.7. The van der Waals surface area contributed by atoms with E-state index in [1.807, 2.05) is 19.9 Å². The maximum absolute atomic E-state index is 12.5. The summed E-state index contributed by atoms with van der Waals surface area (Å²) in [7, 11) is -3.85. The third-order valence-electron chi connectivity index (χ3n) is 3.04. The van der Waals surface area contributed by atoms with Gasteiger partial charge in [-0.25, -0.2) is 13.1 Å². The van der Waals surface area contributed by atoms with Gasteiger partial charge >= 0.3 is 0 Å². The number of benzene rings is 1. The van der Waals surface area contributed by atoms with Gasteiger partial charge in [0.2, 0.25) is 10.0 Å². The van der Waals surface area contributed by atoms with Crippen LogP contribution in [0.4, 0.5) is 0 Å². The lowest BCUT2D eigenvalue weighted by Gasteiger charge is -2.30. The number of hydrogen-bond donors (Lipinski definition) is 2. The highest BCUT2D eigenvalue weighted by Crippen LogP contribution is 2.25. The Morgan fingerprint density at radius 3 is 2.57 bits per heavy atom. The first kappa shape index (κ1) is 17.9. The average Bonchev–Trinajstić information content (AvgIpc) is 2.37. The second-order valence-corrected chi connectivity index (χ2v) is 7.78. The fourth-order valence-electron chi connectivity index (χ4n) is 2.23. The molecule has 0 saturated heterocycles. The van der Waals surface area contributed by atoms with Gasteiger partial charge < -0.3 is 5.73 Å². The molecule has 1 rings (SSSR count). The molecule has 21 heavy (non-hydrogen) atoms. The first-order chi connectivity index (χ1) is 9.63. The molecule has 0 spiro atoms. The molecule has 0 aromatic heterocycles. The topological polar surface area (TPSA) is 96.0 Å². The zero-order valence-electron chi connectivity index (χ0n) is 12.4. The summed E-state index contributed by atoms with van der Waals surface area (Å²) in [6.45, 7) is 5.91. The van der Waals surface area contributed by atoms with Gasteiger partial charge in [-0.2, -0.15) is 5.26 Å². The number of halogens is 1. The van der Waals surface area contributed by atoms with Crippen molar-refractivity contribution < 1.29 is 8.42 Å². The number of rotatable bonds is 6. The fraction of sp³-hybridized carbons (Fsp3) is 0.500. The fourth-order valence-corrected chi connectivity index (χ4v) is 4.18. The molecule has 0 fully saturated rings. The van der Waals surface area contributed by atoms with Gasteiger partial charge in [0.1, 0.15) is 4.90 Å². The van der Waals surface area contributed by atoms with Crippen molar-refractivity contribution in [3.05, 3.63) is 28.8 Å². The lowest BCUT2D eigenvalue weighted by molar-refractivity contribution is 0.344. The zero-order valence-corrected chi connectivity index (χ0v) is 13.9. The van der Waals surface area contributed by atoms with Crippen molar-refractivity contribution in [3.8, 4) is 6.07 Å². The molecule has 1 aromatic rings. The molecular weight excluding hydrogens is 310 g/mol. The standard InChI is InChI=1S/C14H20ClN3O2S/c1-10(2)7-14(3,9-17)18-21(19,20)13-6-11(8-16)4-5-12(13)15/h4-6,10,18H,7,9,17H2,1-3H3. The Bertz CT molecular complexity index is 653. The number of nitrogens with one attached hydrogen (secondary N) is 1. The largest absolute Gasteiger partial charge is 0.329 e. The van der Waals surface area contributed by atoms with Crippen molar-refractivity contribution in [3.63, 3.8) is 0 Å². The minimum Gasteiger partial charge on any atom is -0.329 e. The molecular formula is C14H20ClN3O2S. The van der Waals surface area contributed by atoms with Crippen LogP contribution in [0.15, 0.2) is 23.1 Å². The number of nitrogens with zero attached hydrogens (tertiary/aromatic N) is 1. The first-order valence-electron chi connectivity index (χ1n) is 6.57. The summed E-state index contributed by atoms with van der Waals surface area (Å²) in [6, 6.07) is 6.03. The van der Waals surface area contributed by atoms with Crippen molar-refractivity contribution in [2.24, 2.45) is 11.7 Å². The van der Waals surface area contributed by atoms with Gasteiger partial charge in [0.25, 0.3) is 0 Å². The van der Waals surface area contributed by atoms with E-state index in [9.17, 15) is 8.42 Å². The second kappa shape index (κ2) is 6.75. The maximum atomic E-state index is 12.5. The van der Waals surface area contributed by atoms with E-state index in [2.05, 4.69) is 4.72 Å². The van der Waals surface area contributed by atoms with Gasteiger partial charge in [0, 0.05) is 12.1 Å². The minimum absolute atomic E-state index is 0.0745. The van der Waals surface area contributed by atoms with E-state index in [-0.39, 0.29) is 27.9 Å². The van der Waals surface area contributed by atoms with Gasteiger partial charge in [-0.1, -0.05) is 25.4 Å². The van der Waals surface area contributed by atoms with Crippen LogP contribution < -0.4 is 10.5 Å². The number of nitriles is 1. The molecule has 0 amide bonds. The van der Waals surface area contributed by atoms with Crippen LogP contribution in [-0.4, -0.2) is 20.5 Å². The predicted molar refractivity (Wildman–Crippen MR) is 83.4 cm³/mol. The van der Waals surface area contributed by atoms with Crippen molar-refractivity contribution in [1.82, 2.24) is 4.72 Å². The number of hydrogen-bond acceptors (Lipinski definition) is 4. The lowest BCUT2D eigenvalue weighted by Crippen LogP contribution is -2.52. The Balaban J connectivity index is 3.20. The average molecular weight is 330 g/mol. The molecule has 7 heteroatoms. The summed E-state index contributed by atoms with van der Waals surface area (Å²) < 4.78 is 27.6. The molecule has 0 aliphatic rings. The van der Waals surface area contributed by atoms with E-state index in [1.165, 1.54) is 18.2 Å². The van der Waals surface area contributed by atoms with Crippen LogP contribution in [0, 0.1) is 17.2 Å². The maximum Gasteiger partial charge on any atom is 0.242 e. The highest BCUT2D eigenvalue weighted by molar-refractivity contribution is 7.89. The molecule has 0 bridgehead atoms. The number of nitrogens with two attached hydrogens (primary N) is 1. The molecule has 3 N–H and O–H groups in total. The molecule has 0 heterocycles. The molecule has 1 unspecified atom stereocenters. The van der Waals surface area contributed by atoms with E-state index in [0.29, 0.717) is 6.42 Å². The van der Waals surface area contributed by atoms with Crippen LogP contribution in [0.25, 0.3) is 0 Å². The molecule has 116 valence electrons. The van der Waals surface area contributed by atoms with Gasteiger partial charge in [-0.05, 0) is 37.5 Å². The van der Waals surface area contributed by atoms with Crippen LogP contribution in [-0.2, 0) is 10.0 Å². The van der Waals surface area contributed by atoms with E-state index in [1.54, 1.807) is 6.92 Å². The van der Waals surface area contributed by atoms with Crippen LogP contribution in [0.5, 0.6) is 0 Å². The number of sulfonamides is 1. The van der Waals surface area contributed by atoms with Crippen LogP contribution in [0.3, 0.4) is 0 Å².